The van der Waals surface area contributed by atoms with Gasteiger partial charge in [0.2, 0.25) is 0 Å². The Morgan fingerprint density at radius 1 is 1.45 bits per heavy atom. The molecule has 0 aromatic heterocycles. The molecule has 1 heterocycles. The van der Waals surface area contributed by atoms with Crippen molar-refractivity contribution in [3.8, 4) is 0 Å². The summed E-state index contributed by atoms with van der Waals surface area (Å²) in [5, 5.41) is 3.37. The molecule has 2 atom stereocenters. The first-order chi connectivity index (χ1) is 9.53. The van der Waals surface area contributed by atoms with Crippen molar-refractivity contribution in [2.45, 2.75) is 71.4 Å². The van der Waals surface area contributed by atoms with Crippen LogP contribution < -0.4 is 5.32 Å². The molecule has 118 valence electrons. The first kappa shape index (κ1) is 17.4. The Hall–Kier alpha value is -0.610. The summed E-state index contributed by atoms with van der Waals surface area (Å²) in [5.74, 6) is -0.108. The lowest BCUT2D eigenvalue weighted by atomic mass is 9.95. The van der Waals surface area contributed by atoms with E-state index in [1.54, 1.807) is 0 Å². The van der Waals surface area contributed by atoms with Gasteiger partial charge in [0.15, 0.2) is 0 Å². The molecule has 1 fully saturated rings. The van der Waals surface area contributed by atoms with Crippen LogP contribution in [-0.2, 0) is 9.53 Å². The Morgan fingerprint density at radius 2 is 2.20 bits per heavy atom. The molecule has 0 amide bonds. The Balaban J connectivity index is 2.44. The van der Waals surface area contributed by atoms with Crippen LogP contribution in [0.4, 0.5) is 0 Å². The Labute approximate surface area is 124 Å². The van der Waals surface area contributed by atoms with E-state index < -0.39 is 5.54 Å². The second kappa shape index (κ2) is 8.63. The number of rotatable bonds is 9. The zero-order valence-corrected chi connectivity index (χ0v) is 13.7. The van der Waals surface area contributed by atoms with Crippen LogP contribution in [0.1, 0.15) is 59.8 Å². The molecular formula is C16H32N2O2. The molecule has 0 aliphatic carbocycles. The highest BCUT2D eigenvalue weighted by Crippen LogP contribution is 2.20. The van der Waals surface area contributed by atoms with Crippen LogP contribution in [0.2, 0.25) is 0 Å². The van der Waals surface area contributed by atoms with E-state index in [2.05, 4.69) is 24.1 Å². The number of hydrogen-bond acceptors (Lipinski definition) is 4. The number of nitrogens with one attached hydrogen (secondary N) is 1. The summed E-state index contributed by atoms with van der Waals surface area (Å²) in [5.41, 5.74) is -0.533. The molecular weight excluding hydrogens is 252 g/mol. The minimum absolute atomic E-state index is 0.108. The molecule has 4 nitrogen and oxygen atoms in total. The lowest BCUT2D eigenvalue weighted by molar-refractivity contribution is -0.150. The number of nitrogens with zero attached hydrogens (tertiary/aromatic N) is 1. The predicted octanol–water partition coefficient (Wildman–Crippen LogP) is 2.57. The van der Waals surface area contributed by atoms with Crippen molar-refractivity contribution in [3.05, 3.63) is 0 Å². The van der Waals surface area contributed by atoms with Crippen molar-refractivity contribution in [2.24, 2.45) is 0 Å². The topological polar surface area (TPSA) is 41.6 Å². The molecule has 0 aromatic rings. The summed E-state index contributed by atoms with van der Waals surface area (Å²) >= 11 is 0. The largest absolute Gasteiger partial charge is 0.465 e. The van der Waals surface area contributed by atoms with Gasteiger partial charge in [-0.3, -0.25) is 4.79 Å². The molecule has 4 heteroatoms. The van der Waals surface area contributed by atoms with Crippen molar-refractivity contribution >= 4 is 5.97 Å². The SMILES string of the molecule is CCCNC(C)(CCCN1CCCC1C)C(=O)OCC. The highest BCUT2D eigenvalue weighted by Gasteiger charge is 2.33. The summed E-state index contributed by atoms with van der Waals surface area (Å²) in [4.78, 5) is 14.7. The number of esters is 1. The third-order valence-corrected chi connectivity index (χ3v) is 4.30. The first-order valence-electron chi connectivity index (χ1n) is 8.19. The predicted molar refractivity (Wildman–Crippen MR) is 82.8 cm³/mol. The summed E-state index contributed by atoms with van der Waals surface area (Å²) in [6.07, 6.45) is 5.53. The van der Waals surface area contributed by atoms with Crippen LogP contribution in [-0.4, -0.2) is 48.7 Å². The van der Waals surface area contributed by atoms with Crippen LogP contribution in [0.25, 0.3) is 0 Å². The number of carbonyl (C=O) groups is 1. The lowest BCUT2D eigenvalue weighted by Gasteiger charge is -2.30. The zero-order chi connectivity index (χ0) is 15.0. The van der Waals surface area contributed by atoms with Gasteiger partial charge in [-0.25, -0.2) is 0 Å². The van der Waals surface area contributed by atoms with Gasteiger partial charge in [0.1, 0.15) is 5.54 Å². The van der Waals surface area contributed by atoms with E-state index in [-0.39, 0.29) is 5.97 Å². The second-order valence-corrected chi connectivity index (χ2v) is 6.11. The Morgan fingerprint density at radius 3 is 2.75 bits per heavy atom. The van der Waals surface area contributed by atoms with E-state index in [0.717, 1.165) is 32.4 Å². The third kappa shape index (κ3) is 5.06. The highest BCUT2D eigenvalue weighted by atomic mass is 16.5. The van der Waals surface area contributed by atoms with Gasteiger partial charge in [0.25, 0.3) is 0 Å². The lowest BCUT2D eigenvalue weighted by Crippen LogP contribution is -2.51. The summed E-state index contributed by atoms with van der Waals surface area (Å²) in [7, 11) is 0. The minimum atomic E-state index is -0.533. The normalized spacial score (nSPS) is 22.7. The molecule has 0 radical (unpaired) electrons. The molecule has 0 bridgehead atoms. The van der Waals surface area contributed by atoms with Crippen molar-refractivity contribution in [2.75, 3.05) is 26.2 Å². The fourth-order valence-corrected chi connectivity index (χ4v) is 2.91. The molecule has 1 N–H and O–H groups in total. The smallest absolute Gasteiger partial charge is 0.326 e. The maximum Gasteiger partial charge on any atom is 0.326 e. The molecule has 2 unspecified atom stereocenters. The quantitative estimate of drug-likeness (QED) is 0.661. The van der Waals surface area contributed by atoms with Crippen LogP contribution in [0.15, 0.2) is 0 Å². The molecule has 0 saturated carbocycles. The third-order valence-electron chi connectivity index (χ3n) is 4.30. The number of hydrogen-bond donors (Lipinski definition) is 1. The Bertz CT molecular complexity index is 296. The van der Waals surface area contributed by atoms with Crippen LogP contribution >= 0.6 is 0 Å². The zero-order valence-electron chi connectivity index (χ0n) is 13.7. The van der Waals surface area contributed by atoms with Gasteiger partial charge < -0.3 is 15.0 Å². The van der Waals surface area contributed by atoms with E-state index in [4.69, 9.17) is 4.74 Å². The van der Waals surface area contributed by atoms with Gasteiger partial charge in [-0.15, -0.1) is 0 Å². The first-order valence-corrected chi connectivity index (χ1v) is 8.19. The van der Waals surface area contributed by atoms with Gasteiger partial charge in [0.05, 0.1) is 6.61 Å². The Kier molecular flexibility index (Phi) is 7.52. The van der Waals surface area contributed by atoms with E-state index in [0.29, 0.717) is 12.6 Å². The second-order valence-electron chi connectivity index (χ2n) is 6.11. The average molecular weight is 284 g/mol. The molecule has 0 aromatic carbocycles. The van der Waals surface area contributed by atoms with Crippen molar-refractivity contribution in [1.29, 1.82) is 0 Å². The molecule has 1 aliphatic heterocycles. The van der Waals surface area contributed by atoms with Gasteiger partial charge >= 0.3 is 5.97 Å². The molecule has 20 heavy (non-hydrogen) atoms. The summed E-state index contributed by atoms with van der Waals surface area (Å²) in [6.45, 7) is 11.9. The minimum Gasteiger partial charge on any atom is -0.465 e. The van der Waals surface area contributed by atoms with Gasteiger partial charge in [-0.1, -0.05) is 6.92 Å². The molecule has 0 spiro atoms. The average Bonchev–Trinajstić information content (AvgIpc) is 2.82. The molecule has 1 saturated heterocycles. The van der Waals surface area contributed by atoms with E-state index in [1.807, 2.05) is 13.8 Å². The van der Waals surface area contributed by atoms with Crippen LogP contribution in [0.3, 0.4) is 0 Å². The van der Waals surface area contributed by atoms with Crippen LogP contribution in [0, 0.1) is 0 Å². The van der Waals surface area contributed by atoms with Gasteiger partial charge in [0, 0.05) is 6.04 Å². The number of ether oxygens (including phenoxy) is 1. The van der Waals surface area contributed by atoms with Crippen LogP contribution in [0.5, 0.6) is 0 Å². The molecule has 1 rings (SSSR count). The fraction of sp³-hybridized carbons (Fsp3) is 0.938. The summed E-state index contributed by atoms with van der Waals surface area (Å²) in [6, 6.07) is 0.701. The van der Waals surface area contributed by atoms with Gasteiger partial charge in [-0.05, 0) is 72.5 Å². The maximum absolute atomic E-state index is 12.2. The highest BCUT2D eigenvalue weighted by molar-refractivity contribution is 5.80. The fourth-order valence-electron chi connectivity index (χ4n) is 2.91. The van der Waals surface area contributed by atoms with E-state index >= 15 is 0 Å². The number of likely N-dealkylation sites (tertiary alicyclic amines) is 1. The van der Waals surface area contributed by atoms with E-state index in [1.165, 1.54) is 19.4 Å². The van der Waals surface area contributed by atoms with Crippen molar-refractivity contribution in [1.82, 2.24) is 10.2 Å². The van der Waals surface area contributed by atoms with Crippen molar-refractivity contribution < 1.29 is 9.53 Å². The van der Waals surface area contributed by atoms with Gasteiger partial charge in [-0.2, -0.15) is 0 Å². The summed E-state index contributed by atoms with van der Waals surface area (Å²) < 4.78 is 5.23. The monoisotopic (exact) mass is 284 g/mol. The number of carbonyl (C=O) groups excluding carboxylic acids is 1. The standard InChI is InChI=1S/C16H32N2O2/c1-5-11-17-16(4,15(19)20-6-2)10-8-13-18-12-7-9-14(18)3/h14,17H,5-13H2,1-4H3. The molecule has 1 aliphatic rings. The van der Waals surface area contributed by atoms with E-state index in [9.17, 15) is 4.79 Å². The maximum atomic E-state index is 12.2. The van der Waals surface area contributed by atoms with Crippen molar-refractivity contribution in [3.63, 3.8) is 0 Å².